The molecule has 0 spiro atoms. The summed E-state index contributed by atoms with van der Waals surface area (Å²) in [5.41, 5.74) is 5.05. The van der Waals surface area contributed by atoms with Crippen molar-refractivity contribution >= 4 is 17.2 Å². The summed E-state index contributed by atoms with van der Waals surface area (Å²) in [6.07, 6.45) is -3.54. The van der Waals surface area contributed by atoms with Crippen LogP contribution < -0.4 is 5.73 Å². The number of alkyl halides is 3. The first kappa shape index (κ1) is 13.6. The third kappa shape index (κ3) is 4.76. The molecule has 1 atom stereocenters. The average molecular weight is 228 g/mol. The van der Waals surface area contributed by atoms with Crippen molar-refractivity contribution in [2.75, 3.05) is 20.1 Å². The van der Waals surface area contributed by atoms with E-state index >= 15 is 0 Å². The highest BCUT2D eigenvalue weighted by Gasteiger charge is 2.41. The first-order valence-corrected chi connectivity index (χ1v) is 4.74. The maximum Gasteiger partial charge on any atom is 0.399 e. The third-order valence-corrected chi connectivity index (χ3v) is 2.12. The van der Waals surface area contributed by atoms with Gasteiger partial charge in [-0.2, -0.15) is 13.2 Å². The number of rotatable bonds is 5. The Labute approximate surface area is 87.2 Å². The van der Waals surface area contributed by atoms with Gasteiger partial charge >= 0.3 is 6.18 Å². The number of hydrogen-bond acceptors (Lipinski definition) is 2. The number of thiocarbonyl (C=S) groups is 1. The normalized spacial score (nSPS) is 14.4. The van der Waals surface area contributed by atoms with Crippen molar-refractivity contribution in [1.82, 2.24) is 4.90 Å². The zero-order chi connectivity index (χ0) is 11.4. The Hall–Kier alpha value is -0.360. The molecule has 1 unspecified atom stereocenters. The number of halogens is 3. The lowest BCUT2D eigenvalue weighted by Crippen LogP contribution is -2.42. The van der Waals surface area contributed by atoms with Gasteiger partial charge in [-0.15, -0.1) is 0 Å². The van der Waals surface area contributed by atoms with E-state index in [1.54, 1.807) is 11.9 Å². The second kappa shape index (κ2) is 5.50. The molecule has 0 radical (unpaired) electrons. The standard InChI is InChI=1S/C8H15F3N2S/c1-3-4-13(2)5-6(7(12)14)8(9,10)11/h6H,3-5H2,1-2H3,(H2,12,14). The summed E-state index contributed by atoms with van der Waals surface area (Å²) < 4.78 is 37.1. The van der Waals surface area contributed by atoms with Gasteiger partial charge < -0.3 is 10.6 Å². The predicted molar refractivity (Wildman–Crippen MR) is 54.1 cm³/mol. The van der Waals surface area contributed by atoms with E-state index in [0.717, 1.165) is 6.42 Å². The SMILES string of the molecule is CCCN(C)CC(C(N)=S)C(F)(F)F. The van der Waals surface area contributed by atoms with Gasteiger partial charge in [0, 0.05) is 6.54 Å². The summed E-state index contributed by atoms with van der Waals surface area (Å²) in [5.74, 6) is -1.70. The Morgan fingerprint density at radius 1 is 1.50 bits per heavy atom. The van der Waals surface area contributed by atoms with Crippen molar-refractivity contribution in [1.29, 1.82) is 0 Å². The molecule has 0 bridgehead atoms. The highest BCUT2D eigenvalue weighted by Crippen LogP contribution is 2.27. The summed E-state index contributed by atoms with van der Waals surface area (Å²) >= 11 is 4.40. The van der Waals surface area contributed by atoms with Gasteiger partial charge in [0.05, 0.1) is 4.99 Å². The van der Waals surface area contributed by atoms with Gasteiger partial charge in [0.1, 0.15) is 5.92 Å². The van der Waals surface area contributed by atoms with E-state index in [0.29, 0.717) is 6.54 Å². The van der Waals surface area contributed by atoms with Gasteiger partial charge in [0.15, 0.2) is 0 Å². The summed E-state index contributed by atoms with van der Waals surface area (Å²) in [6, 6.07) is 0. The molecule has 0 aliphatic rings. The minimum atomic E-state index is -4.34. The Kier molecular flexibility index (Phi) is 5.36. The van der Waals surface area contributed by atoms with E-state index in [1.165, 1.54) is 0 Å². The average Bonchev–Trinajstić information content (AvgIpc) is 1.98. The summed E-state index contributed by atoms with van der Waals surface area (Å²) in [7, 11) is 1.63. The topological polar surface area (TPSA) is 29.3 Å². The molecular weight excluding hydrogens is 213 g/mol. The highest BCUT2D eigenvalue weighted by molar-refractivity contribution is 7.80. The fraction of sp³-hybridized carbons (Fsp3) is 0.875. The molecule has 0 rings (SSSR count). The maximum absolute atomic E-state index is 12.4. The molecule has 6 heteroatoms. The third-order valence-electron chi connectivity index (χ3n) is 1.84. The van der Waals surface area contributed by atoms with Crippen molar-refractivity contribution in [3.8, 4) is 0 Å². The second-order valence-corrected chi connectivity index (χ2v) is 3.73. The van der Waals surface area contributed by atoms with E-state index in [2.05, 4.69) is 12.2 Å². The van der Waals surface area contributed by atoms with Crippen LogP contribution in [0.25, 0.3) is 0 Å². The molecule has 0 aromatic rings. The van der Waals surface area contributed by atoms with Crippen LogP contribution in [0.1, 0.15) is 13.3 Å². The second-order valence-electron chi connectivity index (χ2n) is 3.26. The molecule has 0 heterocycles. The van der Waals surface area contributed by atoms with Gasteiger partial charge in [-0.05, 0) is 20.0 Å². The lowest BCUT2D eigenvalue weighted by molar-refractivity contribution is -0.158. The monoisotopic (exact) mass is 228 g/mol. The first-order valence-electron chi connectivity index (χ1n) is 4.33. The molecule has 84 valence electrons. The minimum absolute atomic E-state index is 0.160. The van der Waals surface area contributed by atoms with Crippen molar-refractivity contribution in [3.05, 3.63) is 0 Å². The largest absolute Gasteiger partial charge is 0.399 e. The molecule has 0 amide bonds. The Bertz CT molecular complexity index is 194. The van der Waals surface area contributed by atoms with Crippen LogP contribution in [0.15, 0.2) is 0 Å². The zero-order valence-corrected chi connectivity index (χ0v) is 9.08. The van der Waals surface area contributed by atoms with Crippen LogP contribution in [0.2, 0.25) is 0 Å². The summed E-state index contributed by atoms with van der Waals surface area (Å²) in [5, 5.41) is 0. The van der Waals surface area contributed by atoms with Gasteiger partial charge in [-0.1, -0.05) is 19.1 Å². The highest BCUT2D eigenvalue weighted by atomic mass is 32.1. The quantitative estimate of drug-likeness (QED) is 0.727. The first-order chi connectivity index (χ1) is 6.29. The smallest absolute Gasteiger partial charge is 0.393 e. The van der Waals surface area contributed by atoms with Gasteiger partial charge in [-0.25, -0.2) is 0 Å². The predicted octanol–water partition coefficient (Wildman–Crippen LogP) is 1.79. The van der Waals surface area contributed by atoms with Crippen molar-refractivity contribution in [2.45, 2.75) is 19.5 Å². The molecular formula is C8H15F3N2S. The molecule has 2 nitrogen and oxygen atoms in total. The number of hydrogen-bond donors (Lipinski definition) is 1. The molecule has 0 aromatic heterocycles. The fourth-order valence-electron chi connectivity index (χ4n) is 1.14. The number of nitrogens with zero attached hydrogens (tertiary/aromatic N) is 1. The van der Waals surface area contributed by atoms with Crippen LogP contribution in [-0.4, -0.2) is 36.2 Å². The molecule has 0 aliphatic carbocycles. The zero-order valence-electron chi connectivity index (χ0n) is 8.27. The lowest BCUT2D eigenvalue weighted by Gasteiger charge is -2.24. The van der Waals surface area contributed by atoms with E-state index in [4.69, 9.17) is 5.73 Å². The van der Waals surface area contributed by atoms with Crippen molar-refractivity contribution < 1.29 is 13.2 Å². The molecule has 0 saturated carbocycles. The van der Waals surface area contributed by atoms with Crippen LogP contribution in [0.4, 0.5) is 13.2 Å². The van der Waals surface area contributed by atoms with Crippen LogP contribution >= 0.6 is 12.2 Å². The summed E-state index contributed by atoms with van der Waals surface area (Å²) in [4.78, 5) is 1.09. The Morgan fingerprint density at radius 2 is 2.00 bits per heavy atom. The van der Waals surface area contributed by atoms with Crippen molar-refractivity contribution in [3.63, 3.8) is 0 Å². The molecule has 14 heavy (non-hydrogen) atoms. The van der Waals surface area contributed by atoms with Gasteiger partial charge in [0.25, 0.3) is 0 Å². The van der Waals surface area contributed by atoms with Crippen LogP contribution in [0, 0.1) is 5.92 Å². The molecule has 2 N–H and O–H groups in total. The van der Waals surface area contributed by atoms with E-state index < -0.39 is 17.1 Å². The van der Waals surface area contributed by atoms with Gasteiger partial charge in [0.2, 0.25) is 0 Å². The maximum atomic E-state index is 12.4. The van der Waals surface area contributed by atoms with Crippen LogP contribution in [0.3, 0.4) is 0 Å². The lowest BCUT2D eigenvalue weighted by atomic mass is 10.1. The van der Waals surface area contributed by atoms with E-state index in [1.807, 2.05) is 6.92 Å². The molecule has 0 saturated heterocycles. The molecule has 0 aromatic carbocycles. The minimum Gasteiger partial charge on any atom is -0.393 e. The van der Waals surface area contributed by atoms with Crippen LogP contribution in [-0.2, 0) is 0 Å². The van der Waals surface area contributed by atoms with E-state index in [9.17, 15) is 13.2 Å². The summed E-state index contributed by atoms with van der Waals surface area (Å²) in [6.45, 7) is 2.35. The Morgan fingerprint density at radius 3 is 2.29 bits per heavy atom. The molecule has 0 aliphatic heterocycles. The molecule has 0 fully saturated rings. The van der Waals surface area contributed by atoms with Crippen LogP contribution in [0.5, 0.6) is 0 Å². The Balaban J connectivity index is 4.32. The fourth-order valence-corrected chi connectivity index (χ4v) is 1.35. The van der Waals surface area contributed by atoms with E-state index in [-0.39, 0.29) is 6.54 Å². The van der Waals surface area contributed by atoms with Gasteiger partial charge in [-0.3, -0.25) is 0 Å². The van der Waals surface area contributed by atoms with Crippen molar-refractivity contribution in [2.24, 2.45) is 11.7 Å². The number of nitrogens with two attached hydrogens (primary N) is 1.